The molecule has 7 nitrogen and oxygen atoms in total. The summed E-state index contributed by atoms with van der Waals surface area (Å²) in [6.45, 7) is 3.73. The smallest absolute Gasteiger partial charge is 0.245 e. The second-order valence-corrected chi connectivity index (χ2v) is 7.76. The minimum atomic E-state index is 0.148. The van der Waals surface area contributed by atoms with E-state index in [1.54, 1.807) is 6.20 Å². The molecule has 7 heteroatoms. The predicted molar refractivity (Wildman–Crippen MR) is 104 cm³/mol. The molecule has 5 rings (SSSR count). The van der Waals surface area contributed by atoms with Crippen molar-refractivity contribution in [1.82, 2.24) is 29.9 Å². The number of nitrogens with zero attached hydrogens (tertiary/aromatic N) is 6. The molecular formula is C21H24N6O. The summed E-state index contributed by atoms with van der Waals surface area (Å²) in [6, 6.07) is 10.2. The summed E-state index contributed by atoms with van der Waals surface area (Å²) in [5, 5.41) is 4.19. The van der Waals surface area contributed by atoms with Gasteiger partial charge in [-0.05, 0) is 43.7 Å². The van der Waals surface area contributed by atoms with Crippen LogP contribution in [-0.2, 0) is 6.54 Å². The fourth-order valence-electron chi connectivity index (χ4n) is 3.67. The van der Waals surface area contributed by atoms with Crippen LogP contribution in [0.15, 0.2) is 47.2 Å². The average molecular weight is 376 g/mol. The molecule has 1 atom stereocenters. The molecule has 2 fully saturated rings. The highest BCUT2D eigenvalue weighted by Crippen LogP contribution is 2.38. The van der Waals surface area contributed by atoms with E-state index in [9.17, 15) is 0 Å². The van der Waals surface area contributed by atoms with Crippen LogP contribution in [0.2, 0.25) is 0 Å². The Morgan fingerprint density at radius 3 is 2.71 bits per heavy atom. The van der Waals surface area contributed by atoms with Crippen molar-refractivity contribution in [3.8, 4) is 11.4 Å². The third-order valence-corrected chi connectivity index (χ3v) is 5.58. The van der Waals surface area contributed by atoms with Crippen molar-refractivity contribution in [2.24, 2.45) is 0 Å². The van der Waals surface area contributed by atoms with E-state index < -0.39 is 0 Å². The molecule has 3 aromatic rings. The normalized spacial score (nSPS) is 21.1. The van der Waals surface area contributed by atoms with Gasteiger partial charge in [0.1, 0.15) is 6.04 Å². The van der Waals surface area contributed by atoms with Gasteiger partial charge in [0.2, 0.25) is 5.89 Å². The highest BCUT2D eigenvalue weighted by atomic mass is 16.5. The lowest BCUT2D eigenvalue weighted by Crippen LogP contribution is -2.46. The van der Waals surface area contributed by atoms with E-state index in [0.717, 1.165) is 49.3 Å². The Morgan fingerprint density at radius 1 is 1.07 bits per heavy atom. The largest absolute Gasteiger partial charge is 0.338 e. The molecule has 4 heterocycles. The van der Waals surface area contributed by atoms with E-state index in [4.69, 9.17) is 4.52 Å². The van der Waals surface area contributed by atoms with Crippen molar-refractivity contribution in [2.75, 3.05) is 26.7 Å². The van der Waals surface area contributed by atoms with E-state index in [-0.39, 0.29) is 6.04 Å². The summed E-state index contributed by atoms with van der Waals surface area (Å²) in [4.78, 5) is 18.4. The van der Waals surface area contributed by atoms with Crippen LogP contribution >= 0.6 is 0 Å². The van der Waals surface area contributed by atoms with Crippen LogP contribution in [-0.4, -0.2) is 56.6 Å². The van der Waals surface area contributed by atoms with Crippen molar-refractivity contribution in [1.29, 1.82) is 0 Å². The highest BCUT2D eigenvalue weighted by molar-refractivity contribution is 5.53. The second kappa shape index (κ2) is 7.41. The van der Waals surface area contributed by atoms with E-state index in [2.05, 4.69) is 43.0 Å². The molecule has 0 bridgehead atoms. The fourth-order valence-corrected chi connectivity index (χ4v) is 3.67. The number of hydrogen-bond acceptors (Lipinski definition) is 7. The Hall–Kier alpha value is -2.64. The summed E-state index contributed by atoms with van der Waals surface area (Å²) in [6.07, 6.45) is 6.12. The van der Waals surface area contributed by atoms with Gasteiger partial charge in [-0.1, -0.05) is 17.3 Å². The van der Waals surface area contributed by atoms with Crippen molar-refractivity contribution in [3.63, 3.8) is 0 Å². The first kappa shape index (κ1) is 17.5. The molecule has 3 aromatic heterocycles. The molecule has 0 aromatic carbocycles. The molecule has 1 saturated heterocycles. The number of hydrogen-bond donors (Lipinski definition) is 0. The third kappa shape index (κ3) is 3.68. The first-order valence-electron chi connectivity index (χ1n) is 9.89. The summed E-state index contributed by atoms with van der Waals surface area (Å²) >= 11 is 0. The standard InChI is InChI=1S/C21H24N6O/c1-26-10-11-27(14-19(26)21-24-20(25-28-21)16-6-7-16)13-15-5-8-18(23-12-15)17-4-2-3-9-22-17/h2-5,8-9,12,16,19H,6-7,10-11,13-14H2,1H3. The van der Waals surface area contributed by atoms with Gasteiger partial charge in [-0.25, -0.2) is 0 Å². The van der Waals surface area contributed by atoms with Gasteiger partial charge >= 0.3 is 0 Å². The maximum Gasteiger partial charge on any atom is 0.245 e. The molecule has 1 aliphatic heterocycles. The van der Waals surface area contributed by atoms with Gasteiger partial charge < -0.3 is 4.52 Å². The quantitative estimate of drug-likeness (QED) is 0.678. The Morgan fingerprint density at radius 2 is 1.96 bits per heavy atom. The third-order valence-electron chi connectivity index (χ3n) is 5.58. The SMILES string of the molecule is CN1CCN(Cc2ccc(-c3ccccn3)nc2)CC1c1nc(C2CC2)no1. The maximum absolute atomic E-state index is 5.59. The zero-order valence-corrected chi connectivity index (χ0v) is 16.0. The van der Waals surface area contributed by atoms with Gasteiger partial charge in [0.25, 0.3) is 0 Å². The zero-order valence-electron chi connectivity index (χ0n) is 16.0. The minimum absolute atomic E-state index is 0.148. The van der Waals surface area contributed by atoms with E-state index in [1.165, 1.54) is 18.4 Å². The minimum Gasteiger partial charge on any atom is -0.338 e. The number of piperazine rings is 1. The molecule has 28 heavy (non-hydrogen) atoms. The monoisotopic (exact) mass is 376 g/mol. The van der Waals surface area contributed by atoms with Crippen molar-refractivity contribution in [2.45, 2.75) is 31.3 Å². The van der Waals surface area contributed by atoms with Gasteiger partial charge in [0, 0.05) is 44.5 Å². The molecule has 0 amide bonds. The lowest BCUT2D eigenvalue weighted by molar-refractivity contribution is 0.0714. The first-order valence-corrected chi connectivity index (χ1v) is 9.89. The molecule has 2 aliphatic rings. The average Bonchev–Trinajstić information content (AvgIpc) is 3.48. The lowest BCUT2D eigenvalue weighted by Gasteiger charge is -2.37. The Balaban J connectivity index is 1.26. The van der Waals surface area contributed by atoms with Crippen LogP contribution in [0.25, 0.3) is 11.4 Å². The van der Waals surface area contributed by atoms with Crippen molar-refractivity contribution >= 4 is 0 Å². The second-order valence-electron chi connectivity index (χ2n) is 7.76. The molecule has 1 aliphatic carbocycles. The van der Waals surface area contributed by atoms with Gasteiger partial charge in [0.05, 0.1) is 11.4 Å². The van der Waals surface area contributed by atoms with E-state index >= 15 is 0 Å². The number of pyridine rings is 2. The summed E-state index contributed by atoms with van der Waals surface area (Å²) in [5.41, 5.74) is 3.00. The topological polar surface area (TPSA) is 71.2 Å². The molecule has 1 saturated carbocycles. The molecular weight excluding hydrogens is 352 g/mol. The van der Waals surface area contributed by atoms with Gasteiger partial charge in [-0.2, -0.15) is 4.98 Å². The van der Waals surface area contributed by atoms with E-state index in [0.29, 0.717) is 5.92 Å². The number of rotatable bonds is 5. The van der Waals surface area contributed by atoms with E-state index in [1.807, 2.05) is 30.5 Å². The molecule has 144 valence electrons. The summed E-state index contributed by atoms with van der Waals surface area (Å²) < 4.78 is 5.59. The maximum atomic E-state index is 5.59. The van der Waals surface area contributed by atoms with Gasteiger partial charge in [-0.15, -0.1) is 0 Å². The lowest BCUT2D eigenvalue weighted by atomic mass is 10.1. The van der Waals surface area contributed by atoms with Crippen LogP contribution < -0.4 is 0 Å². The number of aromatic nitrogens is 4. The summed E-state index contributed by atoms with van der Waals surface area (Å²) in [5.74, 6) is 2.15. The molecule has 0 spiro atoms. The van der Waals surface area contributed by atoms with Crippen molar-refractivity contribution < 1.29 is 4.52 Å². The van der Waals surface area contributed by atoms with Gasteiger partial charge in [-0.3, -0.25) is 19.8 Å². The Bertz CT molecular complexity index is 922. The van der Waals surface area contributed by atoms with Crippen LogP contribution in [0.1, 0.15) is 42.1 Å². The van der Waals surface area contributed by atoms with Crippen molar-refractivity contribution in [3.05, 3.63) is 60.0 Å². The van der Waals surface area contributed by atoms with Crippen LogP contribution in [0.3, 0.4) is 0 Å². The summed E-state index contributed by atoms with van der Waals surface area (Å²) in [7, 11) is 2.13. The predicted octanol–water partition coefficient (Wildman–Crippen LogP) is 2.89. The molecule has 1 unspecified atom stereocenters. The van der Waals surface area contributed by atoms with Gasteiger partial charge in [0.15, 0.2) is 5.82 Å². The fraction of sp³-hybridized carbons (Fsp3) is 0.429. The first-order chi connectivity index (χ1) is 13.8. The van der Waals surface area contributed by atoms with Crippen LogP contribution in [0, 0.1) is 0 Å². The Labute approximate surface area is 164 Å². The molecule has 0 N–H and O–H groups in total. The van der Waals surface area contributed by atoms with Crippen LogP contribution in [0.4, 0.5) is 0 Å². The zero-order chi connectivity index (χ0) is 18.9. The Kier molecular flexibility index (Phi) is 4.62. The van der Waals surface area contributed by atoms with Crippen LogP contribution in [0.5, 0.6) is 0 Å². The highest BCUT2D eigenvalue weighted by Gasteiger charge is 2.33. The number of likely N-dealkylation sites (N-methyl/N-ethyl adjacent to an activating group) is 1. The molecule has 0 radical (unpaired) electrons.